The zero-order chi connectivity index (χ0) is 17.5. The van der Waals surface area contributed by atoms with Gasteiger partial charge in [0.05, 0.1) is 12.1 Å². The zero-order valence-electron chi connectivity index (χ0n) is 14.7. The van der Waals surface area contributed by atoms with Crippen molar-refractivity contribution in [2.24, 2.45) is 0 Å². The van der Waals surface area contributed by atoms with Crippen LogP contribution in [0.5, 0.6) is 5.75 Å². The van der Waals surface area contributed by atoms with E-state index in [9.17, 15) is 4.79 Å². The molecule has 24 heavy (non-hydrogen) atoms. The molecule has 2 aromatic rings. The van der Waals surface area contributed by atoms with E-state index in [4.69, 9.17) is 4.74 Å². The van der Waals surface area contributed by atoms with E-state index >= 15 is 0 Å². The lowest BCUT2D eigenvalue weighted by molar-refractivity contribution is 0.0773. The molecular formula is C18H24N4O2. The summed E-state index contributed by atoms with van der Waals surface area (Å²) in [6.07, 6.45) is 3.07. The molecule has 1 N–H and O–H groups in total. The first-order chi connectivity index (χ1) is 11.5. The molecule has 0 saturated heterocycles. The Kier molecular flexibility index (Phi) is 6.12. The molecule has 0 bridgehead atoms. The lowest BCUT2D eigenvalue weighted by atomic mass is 10.1. The van der Waals surface area contributed by atoms with Crippen LogP contribution in [0.2, 0.25) is 0 Å². The van der Waals surface area contributed by atoms with Crippen LogP contribution in [-0.4, -0.2) is 47.5 Å². The van der Waals surface area contributed by atoms with Crippen molar-refractivity contribution in [1.82, 2.24) is 14.9 Å². The monoisotopic (exact) mass is 328 g/mol. The van der Waals surface area contributed by atoms with Gasteiger partial charge < -0.3 is 15.0 Å². The molecule has 128 valence electrons. The van der Waals surface area contributed by atoms with Crippen molar-refractivity contribution in [2.45, 2.75) is 20.8 Å². The van der Waals surface area contributed by atoms with E-state index < -0.39 is 0 Å². The number of likely N-dealkylation sites (N-methyl/N-ethyl adjacent to an activating group) is 1. The van der Waals surface area contributed by atoms with Gasteiger partial charge in [0, 0.05) is 26.0 Å². The maximum absolute atomic E-state index is 12.3. The molecule has 0 aliphatic carbocycles. The minimum atomic E-state index is -0.123. The Morgan fingerprint density at radius 1 is 1.17 bits per heavy atom. The Morgan fingerprint density at radius 3 is 2.38 bits per heavy atom. The highest BCUT2D eigenvalue weighted by molar-refractivity contribution is 5.93. The molecule has 0 saturated carbocycles. The molecule has 0 spiro atoms. The van der Waals surface area contributed by atoms with Crippen LogP contribution in [-0.2, 0) is 0 Å². The molecule has 1 amide bonds. The molecule has 0 radical (unpaired) electrons. The van der Waals surface area contributed by atoms with Crippen molar-refractivity contribution < 1.29 is 9.53 Å². The lowest BCUT2D eigenvalue weighted by Crippen LogP contribution is -2.31. The Bertz CT molecular complexity index is 666. The van der Waals surface area contributed by atoms with E-state index in [-0.39, 0.29) is 5.91 Å². The summed E-state index contributed by atoms with van der Waals surface area (Å²) in [7, 11) is 1.74. The first-order valence-electron chi connectivity index (χ1n) is 8.02. The van der Waals surface area contributed by atoms with E-state index in [1.807, 2.05) is 32.9 Å². The Balaban J connectivity index is 1.87. The molecular weight excluding hydrogens is 304 g/mol. The molecule has 6 nitrogen and oxygen atoms in total. The highest BCUT2D eigenvalue weighted by Crippen LogP contribution is 2.16. The van der Waals surface area contributed by atoms with Crippen molar-refractivity contribution in [3.8, 4) is 5.75 Å². The number of carbonyl (C=O) groups excluding carboxylic acids is 1. The van der Waals surface area contributed by atoms with E-state index in [0.717, 1.165) is 23.4 Å². The number of aryl methyl sites for hydroxylation is 2. The lowest BCUT2D eigenvalue weighted by Gasteiger charge is -2.17. The number of benzene rings is 1. The Morgan fingerprint density at radius 2 is 1.79 bits per heavy atom. The summed E-state index contributed by atoms with van der Waals surface area (Å²) in [6.45, 7) is 7.69. The molecule has 1 heterocycles. The van der Waals surface area contributed by atoms with Gasteiger partial charge in [-0.05, 0) is 44.0 Å². The predicted octanol–water partition coefficient (Wildman–Crippen LogP) is 2.68. The number of amides is 1. The van der Waals surface area contributed by atoms with Gasteiger partial charge in [0.15, 0.2) is 0 Å². The van der Waals surface area contributed by atoms with Gasteiger partial charge in [0.1, 0.15) is 12.4 Å². The molecule has 1 aromatic heterocycles. The first kappa shape index (κ1) is 17.7. The van der Waals surface area contributed by atoms with Gasteiger partial charge in [0.25, 0.3) is 5.91 Å². The number of carbonyl (C=O) groups is 1. The van der Waals surface area contributed by atoms with Gasteiger partial charge in [-0.2, -0.15) is 0 Å². The molecule has 2 rings (SSSR count). The van der Waals surface area contributed by atoms with Crippen LogP contribution in [0.3, 0.4) is 0 Å². The quantitative estimate of drug-likeness (QED) is 0.846. The molecule has 0 aliphatic heterocycles. The number of nitrogens with one attached hydrogen (secondary N) is 1. The molecule has 6 heteroatoms. The number of anilines is 1. The third kappa shape index (κ3) is 4.94. The van der Waals surface area contributed by atoms with Crippen LogP contribution in [0.1, 0.15) is 28.4 Å². The van der Waals surface area contributed by atoms with Crippen molar-refractivity contribution in [2.75, 3.05) is 32.1 Å². The van der Waals surface area contributed by atoms with E-state index in [1.165, 1.54) is 12.4 Å². The van der Waals surface area contributed by atoms with E-state index in [2.05, 4.69) is 21.4 Å². The first-order valence-corrected chi connectivity index (χ1v) is 8.02. The standard InChI is InChI=1S/C18H24N4O2/c1-5-19-18-20-11-15(12-21-18)17(23)22(4)6-7-24-16-9-13(2)8-14(3)10-16/h8-12H,5-7H2,1-4H3,(H,19,20,21). The summed E-state index contributed by atoms with van der Waals surface area (Å²) in [5, 5.41) is 3.00. The number of hydrogen-bond donors (Lipinski definition) is 1. The van der Waals surface area contributed by atoms with Crippen molar-refractivity contribution >= 4 is 11.9 Å². The van der Waals surface area contributed by atoms with Crippen LogP contribution < -0.4 is 10.1 Å². The second-order valence-electron chi connectivity index (χ2n) is 5.72. The number of rotatable bonds is 7. The molecule has 1 aromatic carbocycles. The van der Waals surface area contributed by atoms with Crippen LogP contribution in [0, 0.1) is 13.8 Å². The second kappa shape index (κ2) is 8.29. The van der Waals surface area contributed by atoms with E-state index in [0.29, 0.717) is 24.7 Å². The highest BCUT2D eigenvalue weighted by Gasteiger charge is 2.12. The third-order valence-corrected chi connectivity index (χ3v) is 3.47. The van der Waals surface area contributed by atoms with Gasteiger partial charge in [-0.15, -0.1) is 0 Å². The van der Waals surface area contributed by atoms with Gasteiger partial charge >= 0.3 is 0 Å². The minimum absolute atomic E-state index is 0.123. The maximum atomic E-state index is 12.3. The number of ether oxygens (including phenoxy) is 1. The van der Waals surface area contributed by atoms with Gasteiger partial charge in [-0.25, -0.2) is 9.97 Å². The van der Waals surface area contributed by atoms with Crippen LogP contribution in [0.25, 0.3) is 0 Å². The third-order valence-electron chi connectivity index (χ3n) is 3.47. The normalized spacial score (nSPS) is 10.3. The summed E-state index contributed by atoms with van der Waals surface area (Å²) >= 11 is 0. The summed E-state index contributed by atoms with van der Waals surface area (Å²) in [4.78, 5) is 22.2. The average molecular weight is 328 g/mol. The Labute approximate surface area is 142 Å². The second-order valence-corrected chi connectivity index (χ2v) is 5.72. The van der Waals surface area contributed by atoms with E-state index in [1.54, 1.807) is 11.9 Å². The predicted molar refractivity (Wildman–Crippen MR) is 94.6 cm³/mol. The molecule has 0 fully saturated rings. The number of hydrogen-bond acceptors (Lipinski definition) is 5. The molecule has 0 unspecified atom stereocenters. The smallest absolute Gasteiger partial charge is 0.256 e. The van der Waals surface area contributed by atoms with Gasteiger partial charge in [-0.3, -0.25) is 4.79 Å². The fourth-order valence-electron chi connectivity index (χ4n) is 2.33. The fraction of sp³-hybridized carbons (Fsp3) is 0.389. The molecule has 0 aliphatic rings. The summed E-state index contributed by atoms with van der Waals surface area (Å²) in [5.41, 5.74) is 2.78. The van der Waals surface area contributed by atoms with Gasteiger partial charge in [-0.1, -0.05) is 6.07 Å². The zero-order valence-corrected chi connectivity index (χ0v) is 14.7. The van der Waals surface area contributed by atoms with Crippen LogP contribution >= 0.6 is 0 Å². The summed E-state index contributed by atoms with van der Waals surface area (Å²) in [5.74, 6) is 1.23. The number of aromatic nitrogens is 2. The topological polar surface area (TPSA) is 67.4 Å². The fourth-order valence-corrected chi connectivity index (χ4v) is 2.33. The summed E-state index contributed by atoms with van der Waals surface area (Å²) < 4.78 is 5.74. The van der Waals surface area contributed by atoms with Crippen molar-refractivity contribution in [3.63, 3.8) is 0 Å². The minimum Gasteiger partial charge on any atom is -0.492 e. The number of nitrogens with zero attached hydrogens (tertiary/aromatic N) is 3. The maximum Gasteiger partial charge on any atom is 0.256 e. The van der Waals surface area contributed by atoms with Crippen LogP contribution in [0.15, 0.2) is 30.6 Å². The largest absolute Gasteiger partial charge is 0.492 e. The highest BCUT2D eigenvalue weighted by atomic mass is 16.5. The summed E-state index contributed by atoms with van der Waals surface area (Å²) in [6, 6.07) is 6.07. The average Bonchev–Trinajstić information content (AvgIpc) is 2.54. The molecule has 0 atom stereocenters. The van der Waals surface area contributed by atoms with Gasteiger partial charge in [0.2, 0.25) is 5.95 Å². The Hall–Kier alpha value is -2.63. The van der Waals surface area contributed by atoms with Crippen molar-refractivity contribution in [3.05, 3.63) is 47.3 Å². The van der Waals surface area contributed by atoms with Crippen molar-refractivity contribution in [1.29, 1.82) is 0 Å². The van der Waals surface area contributed by atoms with Crippen LogP contribution in [0.4, 0.5) is 5.95 Å². The SMILES string of the molecule is CCNc1ncc(C(=O)N(C)CCOc2cc(C)cc(C)c2)cn1.